The Labute approximate surface area is 160 Å². The Morgan fingerprint density at radius 3 is 2.38 bits per heavy atom. The van der Waals surface area contributed by atoms with Gasteiger partial charge in [0.1, 0.15) is 5.60 Å². The molecule has 5 nitrogen and oxygen atoms in total. The summed E-state index contributed by atoms with van der Waals surface area (Å²) in [6.45, 7) is 8.36. The minimum Gasteiger partial charge on any atom is -0.444 e. The van der Waals surface area contributed by atoms with Crippen LogP contribution in [0.5, 0.6) is 0 Å². The first-order valence-electron chi connectivity index (χ1n) is 8.10. The van der Waals surface area contributed by atoms with E-state index in [9.17, 15) is 4.79 Å². The lowest BCUT2D eigenvalue weighted by Crippen LogP contribution is -2.42. The number of likely N-dealkylation sites (tertiary alicyclic amines) is 1. The maximum atomic E-state index is 12.1. The molecule has 0 bridgehead atoms. The van der Waals surface area contributed by atoms with Crippen LogP contribution in [0.3, 0.4) is 0 Å². The zero-order valence-corrected chi connectivity index (χ0v) is 17.5. The molecule has 0 N–H and O–H groups in total. The molecule has 24 heavy (non-hydrogen) atoms. The number of ether oxygens (including phenoxy) is 2. The number of pyridine rings is 1. The molecule has 7 heteroatoms. The summed E-state index contributed by atoms with van der Waals surface area (Å²) in [6, 6.07) is 0. The summed E-state index contributed by atoms with van der Waals surface area (Å²) >= 11 is 6.98. The van der Waals surface area contributed by atoms with Crippen LogP contribution in [-0.4, -0.2) is 41.3 Å². The van der Waals surface area contributed by atoms with Gasteiger partial charge in [-0.2, -0.15) is 0 Å². The highest BCUT2D eigenvalue weighted by molar-refractivity contribution is 9.11. The molecule has 0 unspecified atom stereocenters. The fraction of sp³-hybridized carbons (Fsp3) is 0.647. The zero-order valence-electron chi connectivity index (χ0n) is 14.3. The van der Waals surface area contributed by atoms with Gasteiger partial charge >= 0.3 is 6.09 Å². The summed E-state index contributed by atoms with van der Waals surface area (Å²) in [5.41, 5.74) is 0.624. The second-order valence-corrected chi connectivity index (χ2v) is 8.72. The van der Waals surface area contributed by atoms with Crippen molar-refractivity contribution in [3.05, 3.63) is 26.9 Å². The van der Waals surface area contributed by atoms with E-state index in [4.69, 9.17) is 9.47 Å². The molecule has 0 spiro atoms. The smallest absolute Gasteiger partial charge is 0.410 e. The average Bonchev–Trinajstić information content (AvgIpc) is 2.49. The zero-order chi connectivity index (χ0) is 17.7. The predicted octanol–water partition coefficient (Wildman–Crippen LogP) is 4.77. The standard InChI is InChI=1S/C17H24Br2N2O3/c1-17(2,3)24-16(22)21-6-4-12(5-7-21)10-23-11-13-14(18)8-20-9-15(13)19/h8-9,12H,4-7,10-11H2,1-3H3. The van der Waals surface area contributed by atoms with Gasteiger partial charge < -0.3 is 14.4 Å². The monoisotopic (exact) mass is 462 g/mol. The summed E-state index contributed by atoms with van der Waals surface area (Å²) in [5, 5.41) is 0. The number of hydrogen-bond donors (Lipinski definition) is 0. The van der Waals surface area contributed by atoms with Crippen molar-refractivity contribution in [1.29, 1.82) is 0 Å². The molecule has 2 rings (SSSR count). The third kappa shape index (κ3) is 6.01. The molecule has 0 radical (unpaired) electrons. The summed E-state index contributed by atoms with van der Waals surface area (Å²) < 4.78 is 13.2. The topological polar surface area (TPSA) is 51.7 Å². The first-order valence-corrected chi connectivity index (χ1v) is 9.68. The molecule has 0 atom stereocenters. The molecule has 0 saturated carbocycles. The van der Waals surface area contributed by atoms with Crippen molar-refractivity contribution >= 4 is 38.0 Å². The normalized spacial score (nSPS) is 16.3. The Balaban J connectivity index is 1.73. The van der Waals surface area contributed by atoms with Crippen molar-refractivity contribution in [2.45, 2.75) is 45.8 Å². The van der Waals surface area contributed by atoms with Gasteiger partial charge in [0.05, 0.1) is 6.61 Å². The molecular formula is C17H24Br2N2O3. The molecule has 1 aromatic heterocycles. The summed E-state index contributed by atoms with van der Waals surface area (Å²) in [7, 11) is 0. The number of hydrogen-bond acceptors (Lipinski definition) is 4. The Morgan fingerprint density at radius 1 is 1.25 bits per heavy atom. The van der Waals surface area contributed by atoms with Crippen molar-refractivity contribution < 1.29 is 14.3 Å². The van der Waals surface area contributed by atoms with Crippen molar-refractivity contribution in [3.8, 4) is 0 Å². The molecule has 1 amide bonds. The van der Waals surface area contributed by atoms with E-state index < -0.39 is 5.60 Å². The number of aromatic nitrogens is 1. The number of halogens is 2. The first kappa shape index (κ1) is 19.7. The van der Waals surface area contributed by atoms with E-state index in [0.717, 1.165) is 40.4 Å². The quantitative estimate of drug-likeness (QED) is 0.645. The minimum absolute atomic E-state index is 0.216. The second kappa shape index (κ2) is 8.63. The van der Waals surface area contributed by atoms with Gasteiger partial charge in [0.2, 0.25) is 0 Å². The lowest BCUT2D eigenvalue weighted by molar-refractivity contribution is 0.0104. The maximum Gasteiger partial charge on any atom is 0.410 e. The Bertz CT molecular complexity index is 547. The Hall–Kier alpha value is -0.660. The van der Waals surface area contributed by atoms with Gasteiger partial charge in [-0.15, -0.1) is 0 Å². The average molecular weight is 464 g/mol. The molecule has 0 aromatic carbocycles. The van der Waals surface area contributed by atoms with Gasteiger partial charge in [0.15, 0.2) is 0 Å². The predicted molar refractivity (Wildman–Crippen MR) is 99.8 cm³/mol. The van der Waals surface area contributed by atoms with E-state index in [2.05, 4.69) is 36.8 Å². The van der Waals surface area contributed by atoms with E-state index in [-0.39, 0.29) is 6.09 Å². The van der Waals surface area contributed by atoms with E-state index in [1.165, 1.54) is 0 Å². The van der Waals surface area contributed by atoms with Gasteiger partial charge in [0.25, 0.3) is 0 Å². The third-order valence-corrected chi connectivity index (χ3v) is 5.19. The molecule has 0 aliphatic carbocycles. The van der Waals surface area contributed by atoms with Crippen molar-refractivity contribution in [1.82, 2.24) is 9.88 Å². The summed E-state index contributed by atoms with van der Waals surface area (Å²) in [5.74, 6) is 0.475. The molecule has 2 heterocycles. The SMILES string of the molecule is CC(C)(C)OC(=O)N1CCC(COCc2c(Br)cncc2Br)CC1. The number of rotatable bonds is 4. The van der Waals surface area contributed by atoms with Gasteiger partial charge in [-0.25, -0.2) is 4.79 Å². The molecule has 134 valence electrons. The minimum atomic E-state index is -0.442. The highest BCUT2D eigenvalue weighted by Crippen LogP contribution is 2.25. The van der Waals surface area contributed by atoms with Crippen LogP contribution in [0.4, 0.5) is 4.79 Å². The Kier molecular flexibility index (Phi) is 7.07. The fourth-order valence-electron chi connectivity index (χ4n) is 2.51. The number of nitrogens with zero attached hydrogens (tertiary/aromatic N) is 2. The highest BCUT2D eigenvalue weighted by Gasteiger charge is 2.26. The first-order chi connectivity index (χ1) is 11.3. The van der Waals surface area contributed by atoms with Gasteiger partial charge in [-0.05, 0) is 71.4 Å². The largest absolute Gasteiger partial charge is 0.444 e. The van der Waals surface area contributed by atoms with Crippen LogP contribution in [-0.2, 0) is 16.1 Å². The summed E-state index contributed by atoms with van der Waals surface area (Å²) in [4.78, 5) is 17.9. The van der Waals surface area contributed by atoms with E-state index >= 15 is 0 Å². The van der Waals surface area contributed by atoms with Crippen LogP contribution in [0.15, 0.2) is 21.3 Å². The maximum absolute atomic E-state index is 12.1. The van der Waals surface area contributed by atoms with E-state index in [1.54, 1.807) is 17.3 Å². The third-order valence-electron chi connectivity index (χ3n) is 3.82. The van der Waals surface area contributed by atoms with Crippen LogP contribution in [0.25, 0.3) is 0 Å². The number of amides is 1. The molecule has 1 saturated heterocycles. The van der Waals surface area contributed by atoms with E-state index in [0.29, 0.717) is 19.1 Å². The van der Waals surface area contributed by atoms with Gasteiger partial charge in [0, 0.05) is 46.6 Å². The molecule has 1 aromatic rings. The molecule has 1 fully saturated rings. The molecule has 1 aliphatic rings. The molecular weight excluding hydrogens is 440 g/mol. The lowest BCUT2D eigenvalue weighted by atomic mass is 9.98. The lowest BCUT2D eigenvalue weighted by Gasteiger charge is -2.33. The Morgan fingerprint density at radius 2 is 1.83 bits per heavy atom. The molecule has 1 aliphatic heterocycles. The van der Waals surface area contributed by atoms with Crippen molar-refractivity contribution in [3.63, 3.8) is 0 Å². The van der Waals surface area contributed by atoms with Crippen LogP contribution < -0.4 is 0 Å². The van der Waals surface area contributed by atoms with Crippen LogP contribution in [0.1, 0.15) is 39.2 Å². The van der Waals surface area contributed by atoms with Crippen LogP contribution in [0.2, 0.25) is 0 Å². The van der Waals surface area contributed by atoms with Crippen LogP contribution in [0, 0.1) is 5.92 Å². The highest BCUT2D eigenvalue weighted by atomic mass is 79.9. The van der Waals surface area contributed by atoms with Crippen molar-refractivity contribution in [2.75, 3.05) is 19.7 Å². The van der Waals surface area contributed by atoms with Crippen LogP contribution >= 0.6 is 31.9 Å². The van der Waals surface area contributed by atoms with Crippen molar-refractivity contribution in [2.24, 2.45) is 5.92 Å². The number of carbonyl (C=O) groups is 1. The number of carbonyl (C=O) groups excluding carboxylic acids is 1. The van der Waals surface area contributed by atoms with Gasteiger partial charge in [-0.1, -0.05) is 0 Å². The van der Waals surface area contributed by atoms with Gasteiger partial charge in [-0.3, -0.25) is 4.98 Å². The fourth-order valence-corrected chi connectivity index (χ4v) is 3.67. The second-order valence-electron chi connectivity index (χ2n) is 7.01. The summed E-state index contributed by atoms with van der Waals surface area (Å²) in [6.07, 6.45) is 5.20. The number of piperidine rings is 1. The van der Waals surface area contributed by atoms with E-state index in [1.807, 2.05) is 20.8 Å².